The summed E-state index contributed by atoms with van der Waals surface area (Å²) in [7, 11) is 1.92. The third-order valence-electron chi connectivity index (χ3n) is 3.67. The molecule has 2 rings (SSSR count). The van der Waals surface area contributed by atoms with Crippen molar-refractivity contribution in [3.63, 3.8) is 0 Å². The standard InChI is InChI=1S/C18H24N2/c1-18(2,3)15-10-8-13(9-11-15)17(19)14-6-5-7-16(12-14)20-4/h5-12,17,20H,19H2,1-4H3. The first-order valence-electron chi connectivity index (χ1n) is 7.05. The molecule has 2 heteroatoms. The van der Waals surface area contributed by atoms with Gasteiger partial charge in [-0.3, -0.25) is 0 Å². The van der Waals surface area contributed by atoms with Crippen molar-refractivity contribution < 1.29 is 0 Å². The normalized spacial score (nSPS) is 13.1. The van der Waals surface area contributed by atoms with E-state index in [-0.39, 0.29) is 11.5 Å². The number of anilines is 1. The van der Waals surface area contributed by atoms with Crippen LogP contribution in [0.1, 0.15) is 43.5 Å². The van der Waals surface area contributed by atoms with Crippen LogP contribution in [0.2, 0.25) is 0 Å². The van der Waals surface area contributed by atoms with Crippen LogP contribution in [0.3, 0.4) is 0 Å². The summed E-state index contributed by atoms with van der Waals surface area (Å²) in [6.45, 7) is 6.66. The van der Waals surface area contributed by atoms with Crippen LogP contribution < -0.4 is 11.1 Å². The van der Waals surface area contributed by atoms with Crippen LogP contribution in [0.5, 0.6) is 0 Å². The Balaban J connectivity index is 2.26. The fourth-order valence-corrected chi connectivity index (χ4v) is 2.27. The number of benzene rings is 2. The Hall–Kier alpha value is -1.80. The van der Waals surface area contributed by atoms with E-state index in [1.54, 1.807) is 0 Å². The maximum absolute atomic E-state index is 6.37. The maximum Gasteiger partial charge on any atom is 0.0552 e. The molecule has 0 aliphatic heterocycles. The highest BCUT2D eigenvalue weighted by atomic mass is 14.8. The lowest BCUT2D eigenvalue weighted by Gasteiger charge is -2.20. The topological polar surface area (TPSA) is 38.0 Å². The highest BCUT2D eigenvalue weighted by molar-refractivity contribution is 5.47. The van der Waals surface area contributed by atoms with Gasteiger partial charge in [0.05, 0.1) is 6.04 Å². The summed E-state index contributed by atoms with van der Waals surface area (Å²) in [4.78, 5) is 0. The average Bonchev–Trinajstić information content (AvgIpc) is 2.46. The number of hydrogen-bond donors (Lipinski definition) is 2. The van der Waals surface area contributed by atoms with Crippen LogP contribution in [0.4, 0.5) is 5.69 Å². The van der Waals surface area contributed by atoms with Gasteiger partial charge in [0.15, 0.2) is 0 Å². The summed E-state index contributed by atoms with van der Waals surface area (Å²) < 4.78 is 0. The van der Waals surface area contributed by atoms with E-state index in [2.05, 4.69) is 62.5 Å². The molecule has 1 atom stereocenters. The second-order valence-electron chi connectivity index (χ2n) is 6.23. The first-order valence-corrected chi connectivity index (χ1v) is 7.05. The zero-order valence-corrected chi connectivity index (χ0v) is 12.8. The van der Waals surface area contributed by atoms with E-state index in [4.69, 9.17) is 5.73 Å². The molecule has 1 unspecified atom stereocenters. The summed E-state index contributed by atoms with van der Waals surface area (Å²) in [6, 6.07) is 16.8. The van der Waals surface area contributed by atoms with Crippen molar-refractivity contribution in [2.75, 3.05) is 12.4 Å². The number of nitrogens with one attached hydrogen (secondary N) is 1. The predicted octanol–water partition coefficient (Wildman–Crippen LogP) is 4.07. The first-order chi connectivity index (χ1) is 9.41. The zero-order chi connectivity index (χ0) is 14.8. The minimum absolute atomic E-state index is 0.0858. The number of rotatable bonds is 3. The second-order valence-corrected chi connectivity index (χ2v) is 6.23. The Kier molecular flexibility index (Phi) is 4.15. The van der Waals surface area contributed by atoms with Crippen LogP contribution in [-0.2, 0) is 5.41 Å². The van der Waals surface area contributed by atoms with Crippen molar-refractivity contribution in [1.82, 2.24) is 0 Å². The molecule has 2 aromatic rings. The molecule has 0 saturated heterocycles. The Bertz CT molecular complexity index is 565. The predicted molar refractivity (Wildman–Crippen MR) is 87.2 cm³/mol. The fourth-order valence-electron chi connectivity index (χ4n) is 2.27. The molecule has 0 fully saturated rings. The highest BCUT2D eigenvalue weighted by Crippen LogP contribution is 2.26. The lowest BCUT2D eigenvalue weighted by molar-refractivity contribution is 0.589. The lowest BCUT2D eigenvalue weighted by Crippen LogP contribution is -2.14. The van der Waals surface area contributed by atoms with Crippen LogP contribution in [0.25, 0.3) is 0 Å². The zero-order valence-electron chi connectivity index (χ0n) is 12.8. The molecule has 0 saturated carbocycles. The maximum atomic E-state index is 6.37. The molecule has 3 N–H and O–H groups in total. The Morgan fingerprint density at radius 3 is 2.15 bits per heavy atom. The van der Waals surface area contributed by atoms with Crippen molar-refractivity contribution in [3.05, 3.63) is 65.2 Å². The van der Waals surface area contributed by atoms with Crippen LogP contribution in [-0.4, -0.2) is 7.05 Å². The van der Waals surface area contributed by atoms with E-state index in [9.17, 15) is 0 Å². The molecule has 0 aliphatic carbocycles. The van der Waals surface area contributed by atoms with Gasteiger partial charge in [-0.15, -0.1) is 0 Å². The lowest BCUT2D eigenvalue weighted by atomic mass is 9.86. The highest BCUT2D eigenvalue weighted by Gasteiger charge is 2.15. The fraction of sp³-hybridized carbons (Fsp3) is 0.333. The van der Waals surface area contributed by atoms with Crippen molar-refractivity contribution in [3.8, 4) is 0 Å². The third-order valence-corrected chi connectivity index (χ3v) is 3.67. The van der Waals surface area contributed by atoms with Gasteiger partial charge in [-0.1, -0.05) is 57.2 Å². The van der Waals surface area contributed by atoms with Gasteiger partial charge in [0.25, 0.3) is 0 Å². The summed E-state index contributed by atoms with van der Waals surface area (Å²) in [5.41, 5.74) is 11.2. The first kappa shape index (κ1) is 14.6. The average molecular weight is 268 g/mol. The molecular formula is C18H24N2. The van der Waals surface area contributed by atoms with E-state index >= 15 is 0 Å². The van der Waals surface area contributed by atoms with Gasteiger partial charge in [0.2, 0.25) is 0 Å². The molecule has 0 heterocycles. The Morgan fingerprint density at radius 2 is 1.60 bits per heavy atom. The minimum Gasteiger partial charge on any atom is -0.388 e. The summed E-state index contributed by atoms with van der Waals surface area (Å²) in [5, 5.41) is 3.15. The van der Waals surface area contributed by atoms with Crippen molar-refractivity contribution in [2.24, 2.45) is 5.73 Å². The minimum atomic E-state index is -0.0858. The Labute approximate surface area is 122 Å². The van der Waals surface area contributed by atoms with Gasteiger partial charge in [0.1, 0.15) is 0 Å². The van der Waals surface area contributed by atoms with E-state index in [0.717, 1.165) is 16.8 Å². The molecular weight excluding hydrogens is 244 g/mol. The van der Waals surface area contributed by atoms with Crippen LogP contribution in [0, 0.1) is 0 Å². The number of nitrogens with two attached hydrogens (primary N) is 1. The van der Waals surface area contributed by atoms with E-state index < -0.39 is 0 Å². The van der Waals surface area contributed by atoms with E-state index in [0.29, 0.717) is 0 Å². The summed E-state index contributed by atoms with van der Waals surface area (Å²) in [5.74, 6) is 0. The molecule has 20 heavy (non-hydrogen) atoms. The summed E-state index contributed by atoms with van der Waals surface area (Å²) >= 11 is 0. The molecule has 0 amide bonds. The molecule has 0 radical (unpaired) electrons. The molecule has 106 valence electrons. The van der Waals surface area contributed by atoms with Crippen molar-refractivity contribution in [1.29, 1.82) is 0 Å². The molecule has 0 aliphatic rings. The molecule has 0 aromatic heterocycles. The summed E-state index contributed by atoms with van der Waals surface area (Å²) in [6.07, 6.45) is 0. The van der Waals surface area contributed by atoms with Gasteiger partial charge >= 0.3 is 0 Å². The van der Waals surface area contributed by atoms with Crippen molar-refractivity contribution >= 4 is 5.69 Å². The smallest absolute Gasteiger partial charge is 0.0552 e. The van der Waals surface area contributed by atoms with Gasteiger partial charge in [-0.2, -0.15) is 0 Å². The van der Waals surface area contributed by atoms with Gasteiger partial charge in [-0.25, -0.2) is 0 Å². The van der Waals surface area contributed by atoms with Crippen LogP contribution in [0.15, 0.2) is 48.5 Å². The quantitative estimate of drug-likeness (QED) is 0.880. The van der Waals surface area contributed by atoms with Gasteiger partial charge in [0, 0.05) is 12.7 Å². The second kappa shape index (κ2) is 5.68. The molecule has 2 nitrogen and oxygen atoms in total. The number of hydrogen-bond acceptors (Lipinski definition) is 2. The Morgan fingerprint density at radius 1 is 0.950 bits per heavy atom. The van der Waals surface area contributed by atoms with E-state index in [1.165, 1.54) is 5.56 Å². The van der Waals surface area contributed by atoms with Crippen molar-refractivity contribution in [2.45, 2.75) is 32.2 Å². The van der Waals surface area contributed by atoms with E-state index in [1.807, 2.05) is 19.2 Å². The third kappa shape index (κ3) is 3.20. The van der Waals surface area contributed by atoms with Gasteiger partial charge < -0.3 is 11.1 Å². The van der Waals surface area contributed by atoms with Crippen LogP contribution >= 0.6 is 0 Å². The SMILES string of the molecule is CNc1cccc(C(N)c2ccc(C(C)(C)C)cc2)c1. The molecule has 0 spiro atoms. The molecule has 2 aromatic carbocycles. The van der Waals surface area contributed by atoms with Gasteiger partial charge in [-0.05, 0) is 34.2 Å². The molecule has 0 bridgehead atoms. The largest absolute Gasteiger partial charge is 0.388 e. The monoisotopic (exact) mass is 268 g/mol.